The normalized spacial score (nSPS) is 13.1. The van der Waals surface area contributed by atoms with Gasteiger partial charge in [0.2, 0.25) is 15.9 Å². The first kappa shape index (κ1) is 16.1. The summed E-state index contributed by atoms with van der Waals surface area (Å²) in [6, 6.07) is -0.298. The third-order valence-electron chi connectivity index (χ3n) is 1.98. The molecular weight excluding hydrogens is 242 g/mol. The minimum atomic E-state index is -3.12. The molecule has 1 amide bonds. The van der Waals surface area contributed by atoms with E-state index in [2.05, 4.69) is 21.9 Å². The van der Waals surface area contributed by atoms with Crippen molar-refractivity contribution >= 4 is 15.9 Å². The topological polar surface area (TPSA) is 87.3 Å². The van der Waals surface area contributed by atoms with Gasteiger partial charge < -0.3 is 10.6 Å². The molecule has 17 heavy (non-hydrogen) atoms. The van der Waals surface area contributed by atoms with Gasteiger partial charge in [-0.3, -0.25) is 4.79 Å². The summed E-state index contributed by atoms with van der Waals surface area (Å²) < 4.78 is 23.9. The summed E-state index contributed by atoms with van der Waals surface area (Å²) in [6.07, 6.45) is 3.36. The van der Waals surface area contributed by atoms with Crippen LogP contribution in [0, 0.1) is 0 Å². The van der Waals surface area contributed by atoms with Crippen LogP contribution in [0.3, 0.4) is 0 Å². The van der Waals surface area contributed by atoms with Crippen molar-refractivity contribution < 1.29 is 13.2 Å². The first-order chi connectivity index (χ1) is 7.87. The number of carbonyl (C=O) groups is 1. The van der Waals surface area contributed by atoms with Crippen LogP contribution in [0.4, 0.5) is 0 Å². The number of nitrogens with one attached hydrogen (secondary N) is 3. The van der Waals surface area contributed by atoms with Gasteiger partial charge in [-0.05, 0) is 19.9 Å². The molecule has 0 aromatic carbocycles. The van der Waals surface area contributed by atoms with Gasteiger partial charge in [0.1, 0.15) is 0 Å². The molecule has 0 aliphatic carbocycles. The molecule has 0 saturated heterocycles. The van der Waals surface area contributed by atoms with Gasteiger partial charge in [0, 0.05) is 13.1 Å². The molecule has 1 unspecified atom stereocenters. The number of hydrogen-bond acceptors (Lipinski definition) is 4. The monoisotopic (exact) mass is 263 g/mol. The highest BCUT2D eigenvalue weighted by Crippen LogP contribution is 1.84. The van der Waals surface area contributed by atoms with Crippen LogP contribution in [-0.2, 0) is 14.8 Å². The highest BCUT2D eigenvalue weighted by atomic mass is 32.2. The number of amides is 1. The number of carbonyl (C=O) groups excluding carboxylic acids is 1. The molecule has 0 radical (unpaired) electrons. The second-order valence-electron chi connectivity index (χ2n) is 3.73. The quantitative estimate of drug-likeness (QED) is 0.376. The van der Waals surface area contributed by atoms with E-state index in [1.54, 1.807) is 13.0 Å². The molecular formula is C10H21N3O3S. The van der Waals surface area contributed by atoms with Crippen LogP contribution in [0.2, 0.25) is 0 Å². The Morgan fingerprint density at radius 2 is 2.06 bits per heavy atom. The first-order valence-electron chi connectivity index (χ1n) is 5.43. The first-order valence-corrected chi connectivity index (χ1v) is 7.32. The van der Waals surface area contributed by atoms with E-state index in [0.29, 0.717) is 26.1 Å². The fraction of sp³-hybridized carbons (Fsp3) is 0.700. The minimum absolute atomic E-state index is 0.0963. The van der Waals surface area contributed by atoms with Crippen LogP contribution in [0.25, 0.3) is 0 Å². The Morgan fingerprint density at radius 3 is 2.59 bits per heavy atom. The van der Waals surface area contributed by atoms with Crippen LogP contribution >= 0.6 is 0 Å². The van der Waals surface area contributed by atoms with Crippen molar-refractivity contribution in [3.05, 3.63) is 12.7 Å². The van der Waals surface area contributed by atoms with Crippen LogP contribution in [0.5, 0.6) is 0 Å². The van der Waals surface area contributed by atoms with Gasteiger partial charge in [-0.2, -0.15) is 0 Å². The Hall–Kier alpha value is -0.920. The van der Waals surface area contributed by atoms with Gasteiger partial charge in [0.15, 0.2) is 0 Å². The van der Waals surface area contributed by atoms with Crippen molar-refractivity contribution in [2.24, 2.45) is 0 Å². The lowest BCUT2D eigenvalue weighted by Crippen LogP contribution is -2.43. The molecule has 1 atom stereocenters. The lowest BCUT2D eigenvalue weighted by molar-refractivity contribution is -0.122. The highest BCUT2D eigenvalue weighted by Gasteiger charge is 2.10. The van der Waals surface area contributed by atoms with Crippen LogP contribution < -0.4 is 15.4 Å². The molecule has 0 aliphatic rings. The molecule has 0 aliphatic heterocycles. The van der Waals surface area contributed by atoms with Crippen LogP contribution in [0.1, 0.15) is 13.3 Å². The van der Waals surface area contributed by atoms with E-state index >= 15 is 0 Å². The van der Waals surface area contributed by atoms with E-state index in [1.165, 1.54) is 0 Å². The summed E-state index contributed by atoms with van der Waals surface area (Å²) in [5.41, 5.74) is 0. The maximum atomic E-state index is 11.4. The molecule has 7 heteroatoms. The Bertz CT molecular complexity index is 341. The SMILES string of the molecule is C=CCNC(=O)C(C)NCCCNS(C)(=O)=O. The van der Waals surface area contributed by atoms with Crippen molar-refractivity contribution in [3.8, 4) is 0 Å². The average Bonchev–Trinajstić information content (AvgIpc) is 2.23. The van der Waals surface area contributed by atoms with Crippen molar-refractivity contribution in [1.29, 1.82) is 0 Å². The summed E-state index contributed by atoms with van der Waals surface area (Å²) in [5.74, 6) is -0.0963. The zero-order chi connectivity index (χ0) is 13.3. The lowest BCUT2D eigenvalue weighted by Gasteiger charge is -2.13. The summed E-state index contributed by atoms with van der Waals surface area (Å²) in [5, 5.41) is 5.66. The molecule has 0 heterocycles. The van der Waals surface area contributed by atoms with Gasteiger partial charge >= 0.3 is 0 Å². The summed E-state index contributed by atoms with van der Waals surface area (Å²) >= 11 is 0. The van der Waals surface area contributed by atoms with Crippen LogP contribution in [-0.4, -0.2) is 46.3 Å². The van der Waals surface area contributed by atoms with Crippen molar-refractivity contribution in [2.75, 3.05) is 25.9 Å². The fourth-order valence-electron chi connectivity index (χ4n) is 1.08. The van der Waals surface area contributed by atoms with Crippen molar-refractivity contribution in [3.63, 3.8) is 0 Å². The summed E-state index contributed by atoms with van der Waals surface area (Å²) in [7, 11) is -3.12. The second-order valence-corrected chi connectivity index (χ2v) is 5.56. The average molecular weight is 263 g/mol. The smallest absolute Gasteiger partial charge is 0.237 e. The van der Waals surface area contributed by atoms with E-state index in [1.807, 2.05) is 0 Å². The van der Waals surface area contributed by atoms with E-state index in [9.17, 15) is 13.2 Å². The Kier molecular flexibility index (Phi) is 7.77. The Morgan fingerprint density at radius 1 is 1.41 bits per heavy atom. The second kappa shape index (κ2) is 8.21. The summed E-state index contributed by atoms with van der Waals surface area (Å²) in [4.78, 5) is 11.4. The minimum Gasteiger partial charge on any atom is -0.351 e. The third kappa shape index (κ3) is 9.98. The fourth-order valence-corrected chi connectivity index (χ4v) is 1.60. The molecule has 0 bridgehead atoms. The molecule has 0 rings (SSSR count). The predicted octanol–water partition coefficient (Wildman–Crippen LogP) is -0.794. The Labute approximate surface area is 103 Å². The molecule has 0 saturated carbocycles. The van der Waals surface area contributed by atoms with E-state index < -0.39 is 10.0 Å². The molecule has 0 spiro atoms. The molecule has 3 N–H and O–H groups in total. The van der Waals surface area contributed by atoms with Gasteiger partial charge in [-0.25, -0.2) is 13.1 Å². The maximum absolute atomic E-state index is 11.4. The van der Waals surface area contributed by atoms with Gasteiger partial charge in [0.25, 0.3) is 0 Å². The predicted molar refractivity (Wildman–Crippen MR) is 68.1 cm³/mol. The van der Waals surface area contributed by atoms with Gasteiger partial charge in [0.05, 0.1) is 12.3 Å². The van der Waals surface area contributed by atoms with Gasteiger partial charge in [-0.15, -0.1) is 6.58 Å². The molecule has 6 nitrogen and oxygen atoms in total. The van der Waals surface area contributed by atoms with Crippen LogP contribution in [0.15, 0.2) is 12.7 Å². The molecule has 0 aromatic heterocycles. The maximum Gasteiger partial charge on any atom is 0.237 e. The molecule has 100 valence electrons. The number of rotatable bonds is 9. The number of hydrogen-bond donors (Lipinski definition) is 3. The third-order valence-corrected chi connectivity index (χ3v) is 2.71. The van der Waals surface area contributed by atoms with Crippen molar-refractivity contribution in [1.82, 2.24) is 15.4 Å². The highest BCUT2D eigenvalue weighted by molar-refractivity contribution is 7.88. The van der Waals surface area contributed by atoms with E-state index in [4.69, 9.17) is 0 Å². The standard InChI is InChI=1S/C10H21N3O3S/c1-4-6-12-10(14)9(2)11-7-5-8-13-17(3,15)16/h4,9,11,13H,1,5-8H2,2-3H3,(H,12,14). The van der Waals surface area contributed by atoms with Gasteiger partial charge in [-0.1, -0.05) is 6.08 Å². The number of sulfonamides is 1. The van der Waals surface area contributed by atoms with Crippen molar-refractivity contribution in [2.45, 2.75) is 19.4 Å². The van der Waals surface area contributed by atoms with E-state index in [-0.39, 0.29) is 11.9 Å². The van der Waals surface area contributed by atoms with E-state index in [0.717, 1.165) is 6.26 Å². The lowest BCUT2D eigenvalue weighted by atomic mass is 10.3. The molecule has 0 fully saturated rings. The zero-order valence-corrected chi connectivity index (χ0v) is 11.1. The molecule has 0 aromatic rings. The zero-order valence-electron chi connectivity index (χ0n) is 10.3. The summed E-state index contributed by atoms with van der Waals surface area (Å²) in [6.45, 7) is 6.64. The largest absolute Gasteiger partial charge is 0.351 e. The Balaban J connectivity index is 3.60.